The van der Waals surface area contributed by atoms with Gasteiger partial charge < -0.3 is 10.3 Å². The quantitative estimate of drug-likeness (QED) is 0.435. The van der Waals surface area contributed by atoms with E-state index in [2.05, 4.69) is 25.0 Å². The third-order valence-corrected chi connectivity index (χ3v) is 4.63. The summed E-state index contributed by atoms with van der Waals surface area (Å²) in [5.41, 5.74) is 1.52. The number of benzene rings is 2. The summed E-state index contributed by atoms with van der Waals surface area (Å²) in [6.07, 6.45) is 0.0563. The van der Waals surface area contributed by atoms with Crippen molar-refractivity contribution in [3.05, 3.63) is 74.2 Å². The largest absolute Gasteiger partial charge is 0.439 e. The highest BCUT2D eigenvalue weighted by Gasteiger charge is 2.10. The zero-order chi connectivity index (χ0) is 20.4. The summed E-state index contributed by atoms with van der Waals surface area (Å²) < 4.78 is 6.12. The van der Waals surface area contributed by atoms with Gasteiger partial charge in [-0.25, -0.2) is 4.79 Å². The molecule has 0 atom stereocenters. The minimum Gasteiger partial charge on any atom is -0.332 e. The fourth-order valence-corrected chi connectivity index (χ4v) is 3.22. The van der Waals surface area contributed by atoms with Crippen molar-refractivity contribution in [2.45, 2.75) is 13.0 Å². The summed E-state index contributed by atoms with van der Waals surface area (Å²) in [5.74, 6) is -0.683. The van der Waals surface area contributed by atoms with Crippen molar-refractivity contribution < 1.29 is 9.32 Å². The zero-order valence-electron chi connectivity index (χ0n) is 15.0. The van der Waals surface area contributed by atoms with Crippen LogP contribution in [-0.4, -0.2) is 25.6 Å². The molecule has 2 aromatic heterocycles. The number of rotatable bonds is 5. The number of anilines is 1. The third kappa shape index (κ3) is 3.92. The van der Waals surface area contributed by atoms with Gasteiger partial charge in [-0.2, -0.15) is 0 Å². The number of hydrogen-bond acceptors (Lipinski definition) is 6. The predicted molar refractivity (Wildman–Crippen MR) is 109 cm³/mol. The van der Waals surface area contributed by atoms with E-state index in [1.54, 1.807) is 42.5 Å². The molecule has 0 spiro atoms. The van der Waals surface area contributed by atoms with E-state index in [9.17, 15) is 14.4 Å². The summed E-state index contributed by atoms with van der Waals surface area (Å²) in [6, 6.07) is 13.9. The second-order valence-electron chi connectivity index (χ2n) is 6.26. The van der Waals surface area contributed by atoms with Crippen LogP contribution in [0.1, 0.15) is 6.42 Å². The average Bonchev–Trinajstić information content (AvgIpc) is 3.14. The number of amides is 1. The minimum absolute atomic E-state index is 0.0563. The van der Waals surface area contributed by atoms with Crippen LogP contribution in [0, 0.1) is 4.77 Å². The summed E-state index contributed by atoms with van der Waals surface area (Å²) in [6.45, 7) is 0.140. The molecule has 0 saturated carbocycles. The van der Waals surface area contributed by atoms with Crippen molar-refractivity contribution in [2.75, 3.05) is 5.32 Å². The molecule has 0 saturated heterocycles. The summed E-state index contributed by atoms with van der Waals surface area (Å²) in [7, 11) is 0. The first-order chi connectivity index (χ1) is 14.0. The SMILES string of the molecule is O=C(CCn1c(=S)[nH]c2ccccc2c1=O)Nc1cccc(-c2noc(=O)[nH]2)c1. The van der Waals surface area contributed by atoms with Crippen molar-refractivity contribution in [1.29, 1.82) is 0 Å². The van der Waals surface area contributed by atoms with E-state index in [0.29, 0.717) is 22.2 Å². The van der Waals surface area contributed by atoms with E-state index < -0.39 is 5.76 Å². The van der Waals surface area contributed by atoms with E-state index in [0.717, 1.165) is 0 Å². The molecule has 3 N–H and O–H groups in total. The van der Waals surface area contributed by atoms with Crippen LogP contribution in [0.15, 0.2) is 62.6 Å². The molecule has 10 heteroatoms. The highest BCUT2D eigenvalue weighted by Crippen LogP contribution is 2.18. The number of aromatic amines is 2. The lowest BCUT2D eigenvalue weighted by Gasteiger charge is -2.09. The van der Waals surface area contributed by atoms with Crippen molar-refractivity contribution >= 4 is 34.7 Å². The molecule has 146 valence electrons. The molecule has 29 heavy (non-hydrogen) atoms. The summed E-state index contributed by atoms with van der Waals surface area (Å²) >= 11 is 5.25. The zero-order valence-corrected chi connectivity index (χ0v) is 15.8. The fourth-order valence-electron chi connectivity index (χ4n) is 2.94. The van der Waals surface area contributed by atoms with E-state index >= 15 is 0 Å². The molecular formula is C19H15N5O4S. The van der Waals surface area contributed by atoms with Crippen LogP contribution in [0.25, 0.3) is 22.3 Å². The average molecular weight is 409 g/mol. The minimum atomic E-state index is -0.660. The Balaban J connectivity index is 1.49. The van der Waals surface area contributed by atoms with Crippen molar-refractivity contribution in [1.82, 2.24) is 19.7 Å². The van der Waals surface area contributed by atoms with Gasteiger partial charge in [0, 0.05) is 24.2 Å². The number of fused-ring (bicyclic) bond motifs is 1. The number of nitrogens with one attached hydrogen (secondary N) is 3. The number of carbonyl (C=O) groups excluding carboxylic acids is 1. The number of H-pyrrole nitrogens is 2. The molecular weight excluding hydrogens is 394 g/mol. The van der Waals surface area contributed by atoms with Gasteiger partial charge in [0.05, 0.1) is 10.9 Å². The predicted octanol–water partition coefficient (Wildman–Crippen LogP) is 2.43. The second kappa shape index (κ2) is 7.68. The van der Waals surface area contributed by atoms with Crippen LogP contribution in [0.3, 0.4) is 0 Å². The van der Waals surface area contributed by atoms with E-state index in [1.165, 1.54) is 4.57 Å². The van der Waals surface area contributed by atoms with E-state index in [4.69, 9.17) is 12.2 Å². The van der Waals surface area contributed by atoms with E-state index in [1.807, 2.05) is 6.07 Å². The van der Waals surface area contributed by atoms with Crippen LogP contribution in [0.4, 0.5) is 5.69 Å². The molecule has 9 nitrogen and oxygen atoms in total. The Morgan fingerprint density at radius 2 is 1.97 bits per heavy atom. The first-order valence-electron chi connectivity index (χ1n) is 8.69. The Kier molecular flexibility index (Phi) is 4.92. The number of carbonyl (C=O) groups is 1. The number of hydrogen-bond donors (Lipinski definition) is 3. The maximum atomic E-state index is 12.6. The van der Waals surface area contributed by atoms with Crippen LogP contribution in [0.2, 0.25) is 0 Å². The molecule has 2 heterocycles. The van der Waals surface area contributed by atoms with Crippen LogP contribution in [0.5, 0.6) is 0 Å². The van der Waals surface area contributed by atoms with Crippen LogP contribution < -0.4 is 16.6 Å². The van der Waals surface area contributed by atoms with Gasteiger partial charge in [-0.15, -0.1) is 0 Å². The van der Waals surface area contributed by atoms with Crippen LogP contribution >= 0.6 is 12.2 Å². The Morgan fingerprint density at radius 3 is 2.76 bits per heavy atom. The molecule has 0 radical (unpaired) electrons. The number of aromatic nitrogens is 4. The smallest absolute Gasteiger partial charge is 0.332 e. The Hall–Kier alpha value is -3.79. The lowest BCUT2D eigenvalue weighted by atomic mass is 10.2. The topological polar surface area (TPSA) is 126 Å². The molecule has 0 fully saturated rings. The normalized spacial score (nSPS) is 10.9. The van der Waals surface area contributed by atoms with Gasteiger partial charge in [-0.1, -0.05) is 29.4 Å². The second-order valence-corrected chi connectivity index (χ2v) is 6.64. The van der Waals surface area contributed by atoms with Crippen molar-refractivity contribution in [3.8, 4) is 11.4 Å². The Morgan fingerprint density at radius 1 is 1.14 bits per heavy atom. The summed E-state index contributed by atoms with van der Waals surface area (Å²) in [4.78, 5) is 41.5. The summed E-state index contributed by atoms with van der Waals surface area (Å²) in [5, 5.41) is 6.88. The Bertz CT molecular complexity index is 1380. The molecule has 0 aliphatic carbocycles. The maximum absolute atomic E-state index is 12.6. The lowest BCUT2D eigenvalue weighted by molar-refractivity contribution is -0.116. The van der Waals surface area contributed by atoms with Gasteiger partial charge in [0.25, 0.3) is 5.56 Å². The Labute approximate surface area is 168 Å². The highest BCUT2D eigenvalue weighted by atomic mass is 32.1. The van der Waals surface area contributed by atoms with Gasteiger partial charge >= 0.3 is 5.76 Å². The van der Waals surface area contributed by atoms with Crippen molar-refractivity contribution in [2.24, 2.45) is 0 Å². The highest BCUT2D eigenvalue weighted by molar-refractivity contribution is 7.71. The number of para-hydroxylation sites is 1. The van der Waals surface area contributed by atoms with Gasteiger partial charge in [0.15, 0.2) is 10.6 Å². The first-order valence-corrected chi connectivity index (χ1v) is 9.10. The molecule has 0 bridgehead atoms. The van der Waals surface area contributed by atoms with Gasteiger partial charge in [0.1, 0.15) is 0 Å². The molecule has 1 amide bonds. The third-order valence-electron chi connectivity index (χ3n) is 4.31. The fraction of sp³-hybridized carbons (Fsp3) is 0.105. The molecule has 0 unspecified atom stereocenters. The molecule has 0 aliphatic rings. The maximum Gasteiger partial charge on any atom is 0.439 e. The molecule has 4 aromatic rings. The lowest BCUT2D eigenvalue weighted by Crippen LogP contribution is -2.25. The van der Waals surface area contributed by atoms with Crippen molar-refractivity contribution in [3.63, 3.8) is 0 Å². The van der Waals surface area contributed by atoms with E-state index in [-0.39, 0.29) is 35.0 Å². The van der Waals surface area contributed by atoms with Gasteiger partial charge in [-0.05, 0) is 36.5 Å². The van der Waals surface area contributed by atoms with Gasteiger partial charge in [0.2, 0.25) is 5.91 Å². The monoisotopic (exact) mass is 409 g/mol. The molecule has 0 aliphatic heterocycles. The first kappa shape index (κ1) is 18.6. The number of nitrogens with zero attached hydrogens (tertiary/aromatic N) is 2. The van der Waals surface area contributed by atoms with Crippen LogP contribution in [-0.2, 0) is 11.3 Å². The molecule has 2 aromatic carbocycles. The standard InChI is InChI=1S/C19H15N5O4S/c25-15(20-12-5-3-4-11(10-12)16-22-19(27)28-23-16)8-9-24-17(26)13-6-1-2-7-14(13)21-18(24)29/h1-7,10H,8-9H2,(H,20,25)(H,21,29)(H,22,23,27). The van der Waals surface area contributed by atoms with Gasteiger partial charge in [-0.3, -0.25) is 23.7 Å². The molecule has 4 rings (SSSR count).